The number of carbonyl (C=O) groups is 4. The highest BCUT2D eigenvalue weighted by Crippen LogP contribution is 2.23. The monoisotopic (exact) mass is 590 g/mol. The predicted molar refractivity (Wildman–Crippen MR) is 167 cm³/mol. The van der Waals surface area contributed by atoms with E-state index < -0.39 is 17.7 Å². The maximum Gasteiger partial charge on any atom is 0.323 e. The second-order valence-electron chi connectivity index (χ2n) is 10.6. The summed E-state index contributed by atoms with van der Waals surface area (Å²) < 4.78 is 0. The Hall–Kier alpha value is -4.25. The van der Waals surface area contributed by atoms with Gasteiger partial charge in [0, 0.05) is 29.7 Å². The number of imidazole rings is 1. The number of fused-ring (bicyclic) bond motifs is 1. The second kappa shape index (κ2) is 16.4. The van der Waals surface area contributed by atoms with Crippen molar-refractivity contribution in [2.24, 2.45) is 10.2 Å². The lowest BCUT2D eigenvalue weighted by molar-refractivity contribution is -0.126. The Balaban J connectivity index is 1.80. The van der Waals surface area contributed by atoms with Gasteiger partial charge in [-0.15, -0.1) is 0 Å². The first-order chi connectivity index (χ1) is 20.6. The van der Waals surface area contributed by atoms with Crippen molar-refractivity contribution in [2.75, 3.05) is 25.0 Å². The summed E-state index contributed by atoms with van der Waals surface area (Å²) in [4.78, 5) is 70.5. The van der Waals surface area contributed by atoms with Gasteiger partial charge in [0.2, 0.25) is 6.04 Å². The van der Waals surface area contributed by atoms with Crippen LogP contribution in [0.3, 0.4) is 0 Å². The standard InChI is InChI=1S/C32H42N6O5/c1-5-8-9-12-28(40)22-17-23(29(41)13-10-11-16-38(6-2)7-3)19-25(18-22)36-37-30(21(4)39)31(42)33-24-14-15-26-27(20-24)35-32(43)34-26/h14-15,17-20,30H,5-13,16H2,1-4H3,(H,33,42)(H2,34,35,43). The Morgan fingerprint density at radius 2 is 1.47 bits per heavy atom. The van der Waals surface area contributed by atoms with Crippen molar-refractivity contribution in [3.8, 4) is 0 Å². The summed E-state index contributed by atoms with van der Waals surface area (Å²) in [5, 5.41) is 10.8. The number of rotatable bonds is 18. The fourth-order valence-electron chi connectivity index (χ4n) is 4.74. The molecule has 0 aliphatic rings. The summed E-state index contributed by atoms with van der Waals surface area (Å²) in [6.07, 6.45) is 4.93. The summed E-state index contributed by atoms with van der Waals surface area (Å²) in [6, 6.07) is 8.02. The molecule has 0 aliphatic heterocycles. The van der Waals surface area contributed by atoms with Crippen LogP contribution in [0, 0.1) is 0 Å². The minimum atomic E-state index is -1.45. The minimum absolute atomic E-state index is 0.0971. The number of ketones is 3. The summed E-state index contributed by atoms with van der Waals surface area (Å²) >= 11 is 0. The Morgan fingerprint density at radius 3 is 2.07 bits per heavy atom. The summed E-state index contributed by atoms with van der Waals surface area (Å²) in [5.41, 5.74) is 1.99. The average molecular weight is 591 g/mol. The number of Topliss-reactive ketones (excluding diaryl/α,β-unsaturated/α-hetero) is 3. The van der Waals surface area contributed by atoms with E-state index in [4.69, 9.17) is 0 Å². The van der Waals surface area contributed by atoms with Crippen LogP contribution in [0.1, 0.15) is 93.4 Å². The highest BCUT2D eigenvalue weighted by Gasteiger charge is 2.24. The van der Waals surface area contributed by atoms with Crippen LogP contribution >= 0.6 is 0 Å². The topological polar surface area (TPSA) is 157 Å². The lowest BCUT2D eigenvalue weighted by atomic mass is 9.98. The number of unbranched alkanes of at least 4 members (excludes halogenated alkanes) is 3. The molecule has 1 aromatic heterocycles. The van der Waals surface area contributed by atoms with Crippen LogP contribution in [0.15, 0.2) is 51.4 Å². The maximum atomic E-state index is 13.1. The molecule has 230 valence electrons. The molecule has 1 unspecified atom stereocenters. The third-order valence-corrected chi connectivity index (χ3v) is 7.30. The van der Waals surface area contributed by atoms with Gasteiger partial charge in [-0.25, -0.2) is 4.79 Å². The van der Waals surface area contributed by atoms with E-state index in [-0.39, 0.29) is 22.9 Å². The Kier molecular flexibility index (Phi) is 12.7. The van der Waals surface area contributed by atoms with Crippen LogP contribution in [0.5, 0.6) is 0 Å². The van der Waals surface area contributed by atoms with Gasteiger partial charge in [-0.05, 0) is 82.2 Å². The molecule has 0 spiro atoms. The van der Waals surface area contributed by atoms with Gasteiger partial charge in [-0.2, -0.15) is 10.2 Å². The van der Waals surface area contributed by atoms with Gasteiger partial charge in [0.25, 0.3) is 5.91 Å². The summed E-state index contributed by atoms with van der Waals surface area (Å²) in [5.74, 6) is -1.43. The predicted octanol–water partition coefficient (Wildman–Crippen LogP) is 5.99. The largest absolute Gasteiger partial charge is 0.324 e. The van der Waals surface area contributed by atoms with Crippen LogP contribution in [0.2, 0.25) is 0 Å². The van der Waals surface area contributed by atoms with Crippen LogP contribution in [-0.4, -0.2) is 63.8 Å². The molecule has 1 amide bonds. The van der Waals surface area contributed by atoms with Crippen molar-refractivity contribution < 1.29 is 19.2 Å². The van der Waals surface area contributed by atoms with Gasteiger partial charge in [0.15, 0.2) is 17.3 Å². The zero-order chi connectivity index (χ0) is 31.4. The number of hydrogen-bond donors (Lipinski definition) is 3. The number of H-pyrrole nitrogens is 2. The molecular weight excluding hydrogens is 548 g/mol. The first-order valence-corrected chi connectivity index (χ1v) is 15.0. The molecule has 0 saturated carbocycles. The van der Waals surface area contributed by atoms with Gasteiger partial charge in [0.05, 0.1) is 16.7 Å². The van der Waals surface area contributed by atoms with Crippen molar-refractivity contribution in [1.82, 2.24) is 14.9 Å². The number of carbonyl (C=O) groups excluding carboxylic acids is 4. The van der Waals surface area contributed by atoms with Crippen LogP contribution in [-0.2, 0) is 9.59 Å². The van der Waals surface area contributed by atoms with E-state index >= 15 is 0 Å². The molecular formula is C32H42N6O5. The molecule has 0 aliphatic carbocycles. The molecule has 0 fully saturated rings. The van der Waals surface area contributed by atoms with E-state index in [0.717, 1.165) is 51.7 Å². The number of anilines is 1. The van der Waals surface area contributed by atoms with E-state index in [2.05, 4.69) is 51.2 Å². The Bertz CT molecular complexity index is 1520. The molecule has 43 heavy (non-hydrogen) atoms. The molecule has 2 aromatic carbocycles. The number of aromatic nitrogens is 2. The first-order valence-electron chi connectivity index (χ1n) is 15.0. The van der Waals surface area contributed by atoms with Gasteiger partial charge in [-0.1, -0.05) is 33.6 Å². The Labute approximate surface area is 251 Å². The lowest BCUT2D eigenvalue weighted by Gasteiger charge is -2.17. The number of benzene rings is 2. The van der Waals surface area contributed by atoms with Gasteiger partial charge in [-0.3, -0.25) is 19.2 Å². The van der Waals surface area contributed by atoms with Crippen molar-refractivity contribution in [1.29, 1.82) is 0 Å². The normalized spacial score (nSPS) is 12.2. The molecule has 3 N–H and O–H groups in total. The highest BCUT2D eigenvalue weighted by atomic mass is 16.2. The SMILES string of the molecule is CCCCCC(=O)c1cc(N=NC(C(C)=O)C(=O)Nc2ccc3[nH]c(=O)[nH]c3c2)cc(C(=O)CCCCN(CC)CC)c1. The van der Waals surface area contributed by atoms with Gasteiger partial charge in [0.1, 0.15) is 0 Å². The second-order valence-corrected chi connectivity index (χ2v) is 10.6. The van der Waals surface area contributed by atoms with E-state index in [0.29, 0.717) is 40.7 Å². The zero-order valence-electron chi connectivity index (χ0n) is 25.5. The first kappa shape index (κ1) is 33.3. The molecule has 1 atom stereocenters. The van der Waals surface area contributed by atoms with Crippen LogP contribution in [0.25, 0.3) is 11.0 Å². The number of aromatic amines is 2. The quantitative estimate of drug-likeness (QED) is 0.0714. The lowest BCUT2D eigenvalue weighted by Crippen LogP contribution is -2.31. The van der Waals surface area contributed by atoms with Crippen molar-refractivity contribution >= 4 is 45.7 Å². The number of nitrogens with one attached hydrogen (secondary N) is 3. The number of azo groups is 1. The minimum Gasteiger partial charge on any atom is -0.324 e. The van der Waals surface area contributed by atoms with E-state index in [1.807, 2.05) is 0 Å². The average Bonchev–Trinajstić information content (AvgIpc) is 3.36. The van der Waals surface area contributed by atoms with E-state index in [9.17, 15) is 24.0 Å². The summed E-state index contributed by atoms with van der Waals surface area (Å²) in [7, 11) is 0. The van der Waals surface area contributed by atoms with Gasteiger partial charge < -0.3 is 20.2 Å². The molecule has 11 nitrogen and oxygen atoms in total. The third-order valence-electron chi connectivity index (χ3n) is 7.30. The maximum absolute atomic E-state index is 13.1. The van der Waals surface area contributed by atoms with Crippen molar-refractivity contribution in [2.45, 2.75) is 78.7 Å². The molecule has 11 heteroatoms. The van der Waals surface area contributed by atoms with Crippen LogP contribution < -0.4 is 11.0 Å². The molecule has 0 radical (unpaired) electrons. The highest BCUT2D eigenvalue weighted by molar-refractivity contribution is 6.10. The van der Waals surface area contributed by atoms with Crippen molar-refractivity contribution in [3.63, 3.8) is 0 Å². The molecule has 0 bridgehead atoms. The Morgan fingerprint density at radius 1 is 0.837 bits per heavy atom. The third kappa shape index (κ3) is 9.92. The molecule has 3 rings (SSSR count). The molecule has 1 heterocycles. The van der Waals surface area contributed by atoms with E-state index in [1.54, 1.807) is 36.4 Å². The number of nitrogens with zero attached hydrogens (tertiary/aromatic N) is 3. The van der Waals surface area contributed by atoms with E-state index in [1.165, 1.54) is 6.92 Å². The van der Waals surface area contributed by atoms with Crippen LogP contribution in [0.4, 0.5) is 11.4 Å². The fraction of sp³-hybridized carbons (Fsp3) is 0.469. The summed E-state index contributed by atoms with van der Waals surface area (Å²) in [6.45, 7) is 10.4. The zero-order valence-corrected chi connectivity index (χ0v) is 25.5. The number of amides is 1. The molecule has 0 saturated heterocycles. The van der Waals surface area contributed by atoms with Gasteiger partial charge >= 0.3 is 5.69 Å². The smallest absolute Gasteiger partial charge is 0.323 e. The van der Waals surface area contributed by atoms with Crippen molar-refractivity contribution in [3.05, 3.63) is 58.0 Å². The number of hydrogen-bond acceptors (Lipinski definition) is 8. The molecule has 3 aromatic rings. The fourth-order valence-corrected chi connectivity index (χ4v) is 4.74.